The molecular weight excluding hydrogens is 400 g/mol. The summed E-state index contributed by atoms with van der Waals surface area (Å²) in [5.74, 6) is -0.469. The SMILES string of the molecule is O=C(CC(c1ccccc1)c1ccccc1)OCc1cc(=O)n2cc(Cl)ccc2n1. The van der Waals surface area contributed by atoms with E-state index in [1.165, 1.54) is 16.7 Å². The molecule has 6 heteroatoms. The highest BCUT2D eigenvalue weighted by Gasteiger charge is 2.19. The van der Waals surface area contributed by atoms with Crippen LogP contribution in [0.25, 0.3) is 5.65 Å². The Kier molecular flexibility index (Phi) is 5.91. The van der Waals surface area contributed by atoms with Crippen LogP contribution in [0, 0.1) is 0 Å². The molecule has 0 atom stereocenters. The molecule has 0 fully saturated rings. The van der Waals surface area contributed by atoms with Crippen molar-refractivity contribution in [3.8, 4) is 0 Å². The first-order valence-corrected chi connectivity index (χ1v) is 9.91. The van der Waals surface area contributed by atoms with E-state index in [9.17, 15) is 9.59 Å². The molecule has 0 aliphatic rings. The van der Waals surface area contributed by atoms with Crippen molar-refractivity contribution in [1.82, 2.24) is 9.38 Å². The smallest absolute Gasteiger partial charge is 0.307 e. The van der Waals surface area contributed by atoms with Crippen molar-refractivity contribution in [3.63, 3.8) is 0 Å². The lowest BCUT2D eigenvalue weighted by Gasteiger charge is -2.17. The molecule has 150 valence electrons. The molecular formula is C24H19ClN2O3. The number of aromatic nitrogens is 2. The van der Waals surface area contributed by atoms with Crippen molar-refractivity contribution in [2.24, 2.45) is 0 Å². The molecule has 2 aromatic heterocycles. The number of carbonyl (C=O) groups excluding carboxylic acids is 1. The Morgan fingerprint density at radius 1 is 0.967 bits per heavy atom. The summed E-state index contributed by atoms with van der Waals surface area (Å²) in [5.41, 5.74) is 2.65. The largest absolute Gasteiger partial charge is 0.459 e. The zero-order valence-corrected chi connectivity index (χ0v) is 16.8. The highest BCUT2D eigenvalue weighted by Crippen LogP contribution is 2.28. The lowest BCUT2D eigenvalue weighted by molar-refractivity contribution is -0.145. The maximum atomic E-state index is 12.6. The number of halogens is 1. The van der Waals surface area contributed by atoms with Gasteiger partial charge in [-0.1, -0.05) is 72.3 Å². The Hall–Kier alpha value is -3.44. The summed E-state index contributed by atoms with van der Waals surface area (Å²) in [6, 6.07) is 24.4. The lowest BCUT2D eigenvalue weighted by Crippen LogP contribution is -2.17. The van der Waals surface area contributed by atoms with Crippen molar-refractivity contribution >= 4 is 23.2 Å². The molecule has 5 nitrogen and oxygen atoms in total. The zero-order chi connectivity index (χ0) is 20.9. The van der Waals surface area contributed by atoms with Crippen molar-refractivity contribution in [2.75, 3.05) is 0 Å². The van der Waals surface area contributed by atoms with Crippen LogP contribution in [0.15, 0.2) is 89.9 Å². The standard InChI is InChI=1S/C24H19ClN2O3/c25-19-11-12-22-26-20(13-23(28)27(22)15-19)16-30-24(29)14-21(17-7-3-1-4-8-17)18-9-5-2-6-10-18/h1-13,15,21H,14,16H2. The number of benzene rings is 2. The van der Waals surface area contributed by atoms with Crippen molar-refractivity contribution in [3.05, 3.63) is 117 Å². The third kappa shape index (κ3) is 4.58. The lowest BCUT2D eigenvalue weighted by atomic mass is 9.89. The maximum absolute atomic E-state index is 12.6. The summed E-state index contributed by atoms with van der Waals surface area (Å²) in [5, 5.41) is 0.443. The fraction of sp³-hybridized carbons (Fsp3) is 0.125. The highest BCUT2D eigenvalue weighted by atomic mass is 35.5. The fourth-order valence-corrected chi connectivity index (χ4v) is 3.54. The van der Waals surface area contributed by atoms with E-state index < -0.39 is 0 Å². The van der Waals surface area contributed by atoms with E-state index in [2.05, 4.69) is 4.98 Å². The topological polar surface area (TPSA) is 60.7 Å². The first-order chi connectivity index (χ1) is 14.6. The number of fused-ring (bicyclic) bond motifs is 1. The number of esters is 1. The van der Waals surface area contributed by atoms with Gasteiger partial charge in [0.1, 0.15) is 12.3 Å². The van der Waals surface area contributed by atoms with Crippen LogP contribution in [-0.4, -0.2) is 15.4 Å². The summed E-state index contributed by atoms with van der Waals surface area (Å²) in [4.78, 5) is 29.3. The number of rotatable bonds is 6. The third-order valence-corrected chi connectivity index (χ3v) is 5.06. The highest BCUT2D eigenvalue weighted by molar-refractivity contribution is 6.30. The van der Waals surface area contributed by atoms with Gasteiger partial charge in [-0.25, -0.2) is 4.98 Å². The number of hydrogen-bond acceptors (Lipinski definition) is 4. The second-order valence-electron chi connectivity index (χ2n) is 6.90. The number of carbonyl (C=O) groups is 1. The summed E-state index contributed by atoms with van der Waals surface area (Å²) in [6.45, 7) is -0.0660. The van der Waals surface area contributed by atoms with Gasteiger partial charge >= 0.3 is 5.97 Å². The van der Waals surface area contributed by atoms with Gasteiger partial charge in [-0.3, -0.25) is 14.0 Å². The Bertz CT molecular complexity index is 1180. The Morgan fingerprint density at radius 3 is 2.23 bits per heavy atom. The number of nitrogens with zero attached hydrogens (tertiary/aromatic N) is 2. The van der Waals surface area contributed by atoms with E-state index in [0.29, 0.717) is 16.4 Å². The molecule has 30 heavy (non-hydrogen) atoms. The van der Waals surface area contributed by atoms with E-state index in [-0.39, 0.29) is 30.5 Å². The minimum Gasteiger partial charge on any atom is -0.459 e. The van der Waals surface area contributed by atoms with Crippen LogP contribution in [-0.2, 0) is 16.1 Å². The van der Waals surface area contributed by atoms with Crippen LogP contribution in [0.1, 0.15) is 29.2 Å². The third-order valence-electron chi connectivity index (χ3n) is 4.83. The number of ether oxygens (including phenoxy) is 1. The van der Waals surface area contributed by atoms with E-state index in [4.69, 9.17) is 16.3 Å². The minimum atomic E-state index is -0.356. The van der Waals surface area contributed by atoms with Gasteiger partial charge in [0.05, 0.1) is 17.1 Å². The average molecular weight is 419 g/mol. The predicted octanol–water partition coefficient (Wildman–Crippen LogP) is 4.61. The predicted molar refractivity (Wildman–Crippen MR) is 116 cm³/mol. The van der Waals surface area contributed by atoms with E-state index in [1.54, 1.807) is 12.1 Å². The van der Waals surface area contributed by atoms with Crippen LogP contribution in [0.4, 0.5) is 0 Å². The van der Waals surface area contributed by atoms with Gasteiger partial charge in [-0.05, 0) is 23.3 Å². The molecule has 0 aliphatic carbocycles. The summed E-state index contributed by atoms with van der Waals surface area (Å²) < 4.78 is 6.81. The molecule has 4 rings (SSSR count). The van der Waals surface area contributed by atoms with Crippen molar-refractivity contribution in [1.29, 1.82) is 0 Å². The molecule has 0 saturated heterocycles. The molecule has 4 aromatic rings. The molecule has 0 saturated carbocycles. The molecule has 0 radical (unpaired) electrons. The monoisotopic (exact) mass is 418 g/mol. The van der Waals surface area contributed by atoms with Gasteiger partial charge in [0.2, 0.25) is 0 Å². The van der Waals surface area contributed by atoms with Crippen LogP contribution >= 0.6 is 11.6 Å². The summed E-state index contributed by atoms with van der Waals surface area (Å²) in [7, 11) is 0. The maximum Gasteiger partial charge on any atom is 0.307 e. The van der Waals surface area contributed by atoms with Gasteiger partial charge < -0.3 is 4.74 Å². The molecule has 0 spiro atoms. The molecule has 2 heterocycles. The molecule has 0 aliphatic heterocycles. The number of pyridine rings is 1. The van der Waals surface area contributed by atoms with E-state index >= 15 is 0 Å². The van der Waals surface area contributed by atoms with Gasteiger partial charge in [-0.15, -0.1) is 0 Å². The van der Waals surface area contributed by atoms with E-state index in [0.717, 1.165) is 11.1 Å². The Labute approximate surface area is 178 Å². The first kappa shape index (κ1) is 19.9. The van der Waals surface area contributed by atoms with E-state index in [1.807, 2.05) is 60.7 Å². The number of hydrogen-bond donors (Lipinski definition) is 0. The van der Waals surface area contributed by atoms with Gasteiger partial charge in [-0.2, -0.15) is 0 Å². The summed E-state index contributed by atoms with van der Waals surface area (Å²) >= 11 is 5.93. The minimum absolute atomic E-state index is 0.0660. The normalized spacial score (nSPS) is 11.0. The molecule has 0 N–H and O–H groups in total. The quantitative estimate of drug-likeness (QED) is 0.429. The van der Waals surface area contributed by atoms with Crippen LogP contribution in [0.5, 0.6) is 0 Å². The van der Waals surface area contributed by atoms with Gasteiger partial charge in [0, 0.05) is 18.2 Å². The van der Waals surface area contributed by atoms with Crippen LogP contribution in [0.2, 0.25) is 5.02 Å². The Morgan fingerprint density at radius 2 is 1.60 bits per heavy atom. The van der Waals surface area contributed by atoms with Crippen molar-refractivity contribution in [2.45, 2.75) is 18.9 Å². The second-order valence-corrected chi connectivity index (χ2v) is 7.34. The average Bonchev–Trinajstić information content (AvgIpc) is 2.78. The van der Waals surface area contributed by atoms with Crippen molar-refractivity contribution < 1.29 is 9.53 Å². The summed E-state index contributed by atoms with van der Waals surface area (Å²) in [6.07, 6.45) is 1.70. The van der Waals surface area contributed by atoms with Gasteiger partial charge in [0.25, 0.3) is 5.56 Å². The van der Waals surface area contributed by atoms with Crippen LogP contribution in [0.3, 0.4) is 0 Å². The van der Waals surface area contributed by atoms with Crippen LogP contribution < -0.4 is 5.56 Å². The zero-order valence-electron chi connectivity index (χ0n) is 16.1. The molecule has 0 amide bonds. The molecule has 2 aromatic carbocycles. The fourth-order valence-electron chi connectivity index (χ4n) is 3.38. The molecule has 0 bridgehead atoms. The second kappa shape index (κ2) is 8.93. The first-order valence-electron chi connectivity index (χ1n) is 9.53. The van der Waals surface area contributed by atoms with Gasteiger partial charge in [0.15, 0.2) is 0 Å². The molecule has 0 unspecified atom stereocenters. The Balaban J connectivity index is 1.50.